The lowest BCUT2D eigenvalue weighted by atomic mass is 10.1. The molecule has 1 aliphatic rings. The van der Waals surface area contributed by atoms with Crippen molar-refractivity contribution in [3.8, 4) is 5.75 Å². The Kier molecular flexibility index (Phi) is 4.39. The van der Waals surface area contributed by atoms with Gasteiger partial charge in [0.1, 0.15) is 11.9 Å². The summed E-state index contributed by atoms with van der Waals surface area (Å²) in [6.45, 7) is 5.84. The van der Waals surface area contributed by atoms with Gasteiger partial charge in [0.25, 0.3) is 5.91 Å². The van der Waals surface area contributed by atoms with Gasteiger partial charge in [-0.05, 0) is 37.1 Å². The van der Waals surface area contributed by atoms with Crippen LogP contribution in [-0.4, -0.2) is 38.8 Å². The molecule has 2 rings (SSSR count). The van der Waals surface area contributed by atoms with E-state index >= 15 is 0 Å². The van der Waals surface area contributed by atoms with Gasteiger partial charge in [-0.3, -0.25) is 4.79 Å². The van der Waals surface area contributed by atoms with Gasteiger partial charge in [0.05, 0.1) is 13.7 Å². The first-order valence-corrected chi connectivity index (χ1v) is 6.40. The number of hydrogen-bond acceptors (Lipinski definition) is 4. The van der Waals surface area contributed by atoms with Crippen LogP contribution < -0.4 is 15.4 Å². The molecule has 1 aliphatic heterocycles. The molecule has 19 heavy (non-hydrogen) atoms. The highest BCUT2D eigenvalue weighted by Gasteiger charge is 2.22. The molecule has 1 aromatic carbocycles. The number of rotatable bonds is 3. The normalized spacial score (nSPS) is 19.0. The number of benzene rings is 1. The molecule has 1 heterocycles. The van der Waals surface area contributed by atoms with Crippen molar-refractivity contribution in [3.05, 3.63) is 23.3 Å². The Hall–Kier alpha value is -1.59. The number of amides is 1. The largest absolute Gasteiger partial charge is 0.496 e. The second kappa shape index (κ2) is 6.04. The number of hydrogen-bond donors (Lipinski definition) is 2. The van der Waals surface area contributed by atoms with Crippen molar-refractivity contribution < 1.29 is 14.3 Å². The van der Waals surface area contributed by atoms with Gasteiger partial charge in [-0.15, -0.1) is 0 Å². The summed E-state index contributed by atoms with van der Waals surface area (Å²) in [6, 6.07) is 3.81. The van der Waals surface area contributed by atoms with Crippen molar-refractivity contribution in [3.63, 3.8) is 0 Å². The fourth-order valence-electron chi connectivity index (χ4n) is 2.30. The predicted molar refractivity (Wildman–Crippen MR) is 73.7 cm³/mol. The number of nitrogens with one attached hydrogen (secondary N) is 2. The molecule has 1 aromatic rings. The van der Waals surface area contributed by atoms with E-state index < -0.39 is 6.10 Å². The molecule has 5 nitrogen and oxygen atoms in total. The monoisotopic (exact) mass is 264 g/mol. The molecule has 104 valence electrons. The number of carbonyl (C=O) groups excluding carboxylic acids is 1. The Labute approximate surface area is 113 Å². The summed E-state index contributed by atoms with van der Waals surface area (Å²) in [4.78, 5) is 12.0. The second-order valence-electron chi connectivity index (χ2n) is 4.70. The minimum atomic E-state index is -0.420. The average Bonchev–Trinajstić information content (AvgIpc) is 2.39. The maximum absolute atomic E-state index is 12.0. The number of aryl methyl sites for hydroxylation is 2. The third kappa shape index (κ3) is 3.24. The van der Waals surface area contributed by atoms with Crippen molar-refractivity contribution in [1.82, 2.24) is 5.32 Å². The number of carbonyl (C=O) groups is 1. The van der Waals surface area contributed by atoms with E-state index in [-0.39, 0.29) is 5.91 Å². The summed E-state index contributed by atoms with van der Waals surface area (Å²) in [6.07, 6.45) is -0.420. The maximum atomic E-state index is 12.0. The van der Waals surface area contributed by atoms with Crippen molar-refractivity contribution in [2.75, 3.05) is 32.1 Å². The molecule has 0 spiro atoms. The van der Waals surface area contributed by atoms with Crippen LogP contribution in [0.4, 0.5) is 5.69 Å². The van der Waals surface area contributed by atoms with Crippen LogP contribution in [0.25, 0.3) is 0 Å². The Morgan fingerprint density at radius 2 is 2.11 bits per heavy atom. The molecule has 1 amide bonds. The molecule has 0 aromatic heterocycles. The zero-order valence-corrected chi connectivity index (χ0v) is 11.6. The van der Waals surface area contributed by atoms with E-state index in [9.17, 15) is 4.79 Å². The SMILES string of the molecule is COc1c(C)cc(NC(=O)C2CNCCO2)cc1C. The van der Waals surface area contributed by atoms with Crippen LogP contribution in [0.3, 0.4) is 0 Å². The van der Waals surface area contributed by atoms with E-state index in [0.29, 0.717) is 13.2 Å². The minimum absolute atomic E-state index is 0.115. The Morgan fingerprint density at radius 1 is 1.42 bits per heavy atom. The summed E-state index contributed by atoms with van der Waals surface area (Å²) in [5.41, 5.74) is 2.77. The molecule has 1 fully saturated rings. The van der Waals surface area contributed by atoms with Crippen LogP contribution in [0.5, 0.6) is 5.75 Å². The van der Waals surface area contributed by atoms with E-state index in [0.717, 1.165) is 29.1 Å². The lowest BCUT2D eigenvalue weighted by Crippen LogP contribution is -2.45. The third-order valence-corrected chi connectivity index (χ3v) is 3.15. The van der Waals surface area contributed by atoms with Crippen LogP contribution in [-0.2, 0) is 9.53 Å². The van der Waals surface area contributed by atoms with Crippen LogP contribution >= 0.6 is 0 Å². The van der Waals surface area contributed by atoms with Crippen LogP contribution in [0.15, 0.2) is 12.1 Å². The van der Waals surface area contributed by atoms with Gasteiger partial charge in [-0.2, -0.15) is 0 Å². The minimum Gasteiger partial charge on any atom is -0.496 e. The molecule has 2 N–H and O–H groups in total. The molecule has 0 saturated carbocycles. The van der Waals surface area contributed by atoms with E-state index in [1.165, 1.54) is 0 Å². The zero-order chi connectivity index (χ0) is 13.8. The molecule has 1 atom stereocenters. The first-order valence-electron chi connectivity index (χ1n) is 6.40. The lowest BCUT2D eigenvalue weighted by Gasteiger charge is -2.23. The predicted octanol–water partition coefficient (Wildman–Crippen LogP) is 1.24. The van der Waals surface area contributed by atoms with Gasteiger partial charge in [0.2, 0.25) is 0 Å². The van der Waals surface area contributed by atoms with Crippen molar-refractivity contribution in [1.29, 1.82) is 0 Å². The van der Waals surface area contributed by atoms with Gasteiger partial charge in [0.15, 0.2) is 0 Å². The topological polar surface area (TPSA) is 59.6 Å². The number of methoxy groups -OCH3 is 1. The molecule has 1 saturated heterocycles. The highest BCUT2D eigenvalue weighted by Crippen LogP contribution is 2.26. The molecule has 0 bridgehead atoms. The molecule has 0 radical (unpaired) electrons. The smallest absolute Gasteiger partial charge is 0.254 e. The van der Waals surface area contributed by atoms with E-state index in [4.69, 9.17) is 9.47 Å². The highest BCUT2D eigenvalue weighted by molar-refractivity contribution is 5.94. The van der Waals surface area contributed by atoms with Crippen molar-refractivity contribution in [2.24, 2.45) is 0 Å². The van der Waals surface area contributed by atoms with Crippen molar-refractivity contribution >= 4 is 11.6 Å². The lowest BCUT2D eigenvalue weighted by molar-refractivity contribution is -0.128. The summed E-state index contributed by atoms with van der Waals surface area (Å²) >= 11 is 0. The zero-order valence-electron chi connectivity index (χ0n) is 11.6. The first-order chi connectivity index (χ1) is 9.11. The Balaban J connectivity index is 2.08. The van der Waals surface area contributed by atoms with Gasteiger partial charge in [0, 0.05) is 18.8 Å². The number of anilines is 1. The van der Waals surface area contributed by atoms with Crippen LogP contribution in [0.2, 0.25) is 0 Å². The Morgan fingerprint density at radius 3 is 2.63 bits per heavy atom. The summed E-state index contributed by atoms with van der Waals surface area (Å²) in [5.74, 6) is 0.741. The standard InChI is InChI=1S/C14H20N2O3/c1-9-6-11(7-10(2)13(9)18-3)16-14(17)12-8-15-4-5-19-12/h6-7,12,15H,4-5,8H2,1-3H3,(H,16,17). The average molecular weight is 264 g/mol. The summed E-state index contributed by atoms with van der Waals surface area (Å²) in [5, 5.41) is 6.02. The first kappa shape index (κ1) is 13.8. The molecule has 0 aliphatic carbocycles. The van der Waals surface area contributed by atoms with Gasteiger partial charge in [-0.1, -0.05) is 0 Å². The third-order valence-electron chi connectivity index (χ3n) is 3.15. The second-order valence-corrected chi connectivity index (χ2v) is 4.70. The Bertz CT molecular complexity index is 445. The molecular weight excluding hydrogens is 244 g/mol. The van der Waals surface area contributed by atoms with E-state index in [2.05, 4.69) is 10.6 Å². The highest BCUT2D eigenvalue weighted by atomic mass is 16.5. The number of morpholine rings is 1. The molecule has 5 heteroatoms. The van der Waals surface area contributed by atoms with Gasteiger partial charge < -0.3 is 20.1 Å². The fraction of sp³-hybridized carbons (Fsp3) is 0.500. The fourth-order valence-corrected chi connectivity index (χ4v) is 2.30. The van der Waals surface area contributed by atoms with Crippen LogP contribution in [0.1, 0.15) is 11.1 Å². The van der Waals surface area contributed by atoms with Gasteiger partial charge >= 0.3 is 0 Å². The van der Waals surface area contributed by atoms with Crippen molar-refractivity contribution in [2.45, 2.75) is 20.0 Å². The quantitative estimate of drug-likeness (QED) is 0.862. The maximum Gasteiger partial charge on any atom is 0.254 e. The van der Waals surface area contributed by atoms with Gasteiger partial charge in [-0.25, -0.2) is 0 Å². The van der Waals surface area contributed by atoms with E-state index in [1.807, 2.05) is 26.0 Å². The summed E-state index contributed by atoms with van der Waals surface area (Å²) in [7, 11) is 1.65. The van der Waals surface area contributed by atoms with E-state index in [1.54, 1.807) is 7.11 Å². The van der Waals surface area contributed by atoms with Crippen LogP contribution in [0, 0.1) is 13.8 Å². The summed E-state index contributed by atoms with van der Waals surface area (Å²) < 4.78 is 10.7. The molecule has 1 unspecified atom stereocenters. The molecular formula is C14H20N2O3. The number of ether oxygens (including phenoxy) is 2.